The molecule has 0 spiro atoms. The van der Waals surface area contributed by atoms with Crippen LogP contribution >= 0.6 is 0 Å². The predicted octanol–water partition coefficient (Wildman–Crippen LogP) is 1.30. The quantitative estimate of drug-likeness (QED) is 0.835. The van der Waals surface area contributed by atoms with Gasteiger partial charge in [-0.2, -0.15) is 0 Å². The summed E-state index contributed by atoms with van der Waals surface area (Å²) in [5, 5.41) is 0. The Labute approximate surface area is 118 Å². The van der Waals surface area contributed by atoms with Crippen LogP contribution in [-0.4, -0.2) is 67.8 Å². The fourth-order valence-electron chi connectivity index (χ4n) is 3.64. The van der Waals surface area contributed by atoms with Crippen molar-refractivity contribution in [3.05, 3.63) is 0 Å². The van der Waals surface area contributed by atoms with Gasteiger partial charge in [-0.3, -0.25) is 4.90 Å². The number of ether oxygens (including phenoxy) is 1. The van der Waals surface area contributed by atoms with Crippen LogP contribution < -0.4 is 5.73 Å². The molecule has 1 atom stereocenters. The molecule has 0 aromatic rings. The lowest BCUT2D eigenvalue weighted by atomic mass is 9.88. The molecule has 2 saturated heterocycles. The maximum Gasteiger partial charge on any atom is 0.0593 e. The van der Waals surface area contributed by atoms with E-state index in [0.29, 0.717) is 0 Å². The van der Waals surface area contributed by atoms with Crippen LogP contribution in [0.2, 0.25) is 0 Å². The summed E-state index contributed by atoms with van der Waals surface area (Å²) in [5.74, 6) is 0. The average molecular weight is 269 g/mol. The first-order valence-corrected chi connectivity index (χ1v) is 8.06. The number of nitrogens with two attached hydrogens (primary N) is 1. The molecule has 2 heterocycles. The Kier molecular flexibility index (Phi) is 6.07. The Morgan fingerprint density at radius 2 is 1.95 bits per heavy atom. The van der Waals surface area contributed by atoms with Gasteiger partial charge in [-0.1, -0.05) is 6.92 Å². The van der Waals surface area contributed by atoms with Crippen LogP contribution in [0.15, 0.2) is 0 Å². The maximum absolute atomic E-state index is 6.21. The van der Waals surface area contributed by atoms with Crippen molar-refractivity contribution in [2.24, 2.45) is 5.73 Å². The molecule has 0 aromatic carbocycles. The SMILES string of the molecule is CCCN1CCCC(CN)(N2CCCOCC2)CC1. The topological polar surface area (TPSA) is 41.7 Å². The third-order valence-corrected chi connectivity index (χ3v) is 4.82. The van der Waals surface area contributed by atoms with Gasteiger partial charge in [-0.05, 0) is 51.7 Å². The van der Waals surface area contributed by atoms with Gasteiger partial charge in [0.1, 0.15) is 0 Å². The van der Waals surface area contributed by atoms with Crippen molar-refractivity contribution in [3.8, 4) is 0 Å². The van der Waals surface area contributed by atoms with E-state index in [-0.39, 0.29) is 5.54 Å². The monoisotopic (exact) mass is 269 g/mol. The van der Waals surface area contributed by atoms with Gasteiger partial charge in [0.2, 0.25) is 0 Å². The van der Waals surface area contributed by atoms with Crippen LogP contribution in [0.5, 0.6) is 0 Å². The van der Waals surface area contributed by atoms with Crippen LogP contribution in [0, 0.1) is 0 Å². The van der Waals surface area contributed by atoms with Crippen molar-refractivity contribution in [3.63, 3.8) is 0 Å². The maximum atomic E-state index is 6.21. The van der Waals surface area contributed by atoms with Gasteiger partial charge < -0.3 is 15.4 Å². The third-order valence-electron chi connectivity index (χ3n) is 4.82. The number of hydrogen-bond acceptors (Lipinski definition) is 4. The van der Waals surface area contributed by atoms with Crippen molar-refractivity contribution < 1.29 is 4.74 Å². The van der Waals surface area contributed by atoms with Gasteiger partial charge in [-0.25, -0.2) is 0 Å². The normalized spacial score (nSPS) is 31.9. The number of likely N-dealkylation sites (tertiary alicyclic amines) is 1. The Balaban J connectivity index is 2.00. The van der Waals surface area contributed by atoms with Crippen molar-refractivity contribution in [2.45, 2.75) is 44.6 Å². The zero-order valence-electron chi connectivity index (χ0n) is 12.6. The molecule has 2 aliphatic rings. The Morgan fingerprint density at radius 3 is 2.74 bits per heavy atom. The molecular weight excluding hydrogens is 238 g/mol. The molecular formula is C15H31N3O. The fourth-order valence-corrected chi connectivity index (χ4v) is 3.64. The fraction of sp³-hybridized carbons (Fsp3) is 1.00. The van der Waals surface area contributed by atoms with E-state index in [2.05, 4.69) is 16.7 Å². The van der Waals surface area contributed by atoms with Gasteiger partial charge in [0.15, 0.2) is 0 Å². The first-order valence-electron chi connectivity index (χ1n) is 8.06. The molecule has 0 bridgehead atoms. The molecule has 19 heavy (non-hydrogen) atoms. The van der Waals surface area contributed by atoms with Crippen LogP contribution in [0.3, 0.4) is 0 Å². The largest absolute Gasteiger partial charge is 0.380 e. The molecule has 0 aliphatic carbocycles. The van der Waals surface area contributed by atoms with E-state index in [1.807, 2.05) is 0 Å². The Bertz CT molecular complexity index is 254. The second kappa shape index (κ2) is 7.58. The summed E-state index contributed by atoms with van der Waals surface area (Å²) in [6, 6.07) is 0. The highest BCUT2D eigenvalue weighted by Crippen LogP contribution is 2.29. The summed E-state index contributed by atoms with van der Waals surface area (Å²) in [5.41, 5.74) is 6.44. The second-order valence-corrected chi connectivity index (χ2v) is 6.08. The van der Waals surface area contributed by atoms with Gasteiger partial charge >= 0.3 is 0 Å². The van der Waals surface area contributed by atoms with E-state index in [9.17, 15) is 0 Å². The summed E-state index contributed by atoms with van der Waals surface area (Å²) in [7, 11) is 0. The molecule has 112 valence electrons. The number of rotatable bonds is 4. The second-order valence-electron chi connectivity index (χ2n) is 6.08. The van der Waals surface area contributed by atoms with Crippen LogP contribution in [0.25, 0.3) is 0 Å². The zero-order chi connectivity index (χ0) is 13.6. The van der Waals surface area contributed by atoms with E-state index < -0.39 is 0 Å². The van der Waals surface area contributed by atoms with Crippen molar-refractivity contribution in [2.75, 3.05) is 52.5 Å². The minimum atomic E-state index is 0.232. The Hall–Kier alpha value is -0.160. The van der Waals surface area contributed by atoms with Gasteiger partial charge in [0.25, 0.3) is 0 Å². The molecule has 0 saturated carbocycles. The Morgan fingerprint density at radius 1 is 1.05 bits per heavy atom. The van der Waals surface area contributed by atoms with E-state index in [0.717, 1.165) is 39.3 Å². The molecule has 2 rings (SSSR count). The van der Waals surface area contributed by atoms with E-state index in [1.165, 1.54) is 45.3 Å². The molecule has 2 aliphatic heterocycles. The smallest absolute Gasteiger partial charge is 0.0593 e. The third kappa shape index (κ3) is 3.91. The lowest BCUT2D eigenvalue weighted by Gasteiger charge is -2.42. The number of hydrogen-bond donors (Lipinski definition) is 1. The van der Waals surface area contributed by atoms with E-state index in [1.54, 1.807) is 0 Å². The summed E-state index contributed by atoms with van der Waals surface area (Å²) in [6.07, 6.45) is 6.18. The summed E-state index contributed by atoms with van der Waals surface area (Å²) >= 11 is 0. The van der Waals surface area contributed by atoms with Crippen LogP contribution in [-0.2, 0) is 4.74 Å². The average Bonchev–Trinajstić information content (AvgIpc) is 2.81. The first kappa shape index (κ1) is 15.2. The molecule has 2 N–H and O–H groups in total. The minimum Gasteiger partial charge on any atom is -0.380 e. The lowest BCUT2D eigenvalue weighted by Crippen LogP contribution is -2.55. The highest BCUT2D eigenvalue weighted by atomic mass is 16.5. The molecule has 4 heteroatoms. The lowest BCUT2D eigenvalue weighted by molar-refractivity contribution is 0.0697. The zero-order valence-corrected chi connectivity index (χ0v) is 12.6. The van der Waals surface area contributed by atoms with Gasteiger partial charge in [0.05, 0.1) is 6.61 Å². The molecule has 0 radical (unpaired) electrons. The van der Waals surface area contributed by atoms with Crippen molar-refractivity contribution in [1.82, 2.24) is 9.80 Å². The molecule has 1 unspecified atom stereocenters. The predicted molar refractivity (Wildman–Crippen MR) is 79.4 cm³/mol. The molecule has 0 aromatic heterocycles. The van der Waals surface area contributed by atoms with E-state index >= 15 is 0 Å². The highest BCUT2D eigenvalue weighted by molar-refractivity contribution is 4.95. The first-order chi connectivity index (χ1) is 9.30. The summed E-state index contributed by atoms with van der Waals surface area (Å²) < 4.78 is 5.60. The summed E-state index contributed by atoms with van der Waals surface area (Å²) in [4.78, 5) is 5.25. The highest BCUT2D eigenvalue weighted by Gasteiger charge is 2.37. The van der Waals surface area contributed by atoms with Crippen LogP contribution in [0.4, 0.5) is 0 Å². The number of nitrogens with zero attached hydrogens (tertiary/aromatic N) is 2. The van der Waals surface area contributed by atoms with Crippen LogP contribution in [0.1, 0.15) is 39.0 Å². The van der Waals surface area contributed by atoms with Gasteiger partial charge in [0, 0.05) is 31.8 Å². The summed E-state index contributed by atoms with van der Waals surface area (Å²) in [6.45, 7) is 10.8. The minimum absolute atomic E-state index is 0.232. The molecule has 4 nitrogen and oxygen atoms in total. The molecule has 0 amide bonds. The van der Waals surface area contributed by atoms with Crippen molar-refractivity contribution in [1.29, 1.82) is 0 Å². The van der Waals surface area contributed by atoms with Gasteiger partial charge in [-0.15, -0.1) is 0 Å². The molecule has 2 fully saturated rings. The van der Waals surface area contributed by atoms with Crippen molar-refractivity contribution >= 4 is 0 Å². The standard InChI is InChI=1S/C15H31N3O/c1-2-7-17-8-3-5-15(14-16,6-10-17)18-9-4-12-19-13-11-18/h2-14,16H2,1H3. The van der Waals surface area contributed by atoms with E-state index in [4.69, 9.17) is 10.5 Å².